The minimum absolute atomic E-state index is 0.0845. The largest absolute Gasteiger partial charge is 0.497 e. The summed E-state index contributed by atoms with van der Waals surface area (Å²) < 4.78 is 10.5. The molecule has 0 spiro atoms. The van der Waals surface area contributed by atoms with Gasteiger partial charge in [0, 0.05) is 12.8 Å². The van der Waals surface area contributed by atoms with Gasteiger partial charge in [0.15, 0.2) is 0 Å². The average Bonchev–Trinajstić information content (AvgIpc) is 2.48. The number of hydrogen-bond acceptors (Lipinski definition) is 4. The molecule has 0 aromatic heterocycles. The topological polar surface area (TPSA) is 84.9 Å². The first-order valence-corrected chi connectivity index (χ1v) is 6.87. The average molecular weight is 295 g/mol. The Morgan fingerprint density at radius 3 is 2.33 bits per heavy atom. The number of carbonyl (C=O) groups excluding carboxylic acids is 1. The third-order valence-electron chi connectivity index (χ3n) is 2.80. The van der Waals surface area contributed by atoms with E-state index in [0.29, 0.717) is 38.2 Å². The molecule has 1 aromatic rings. The molecule has 0 saturated heterocycles. The molecule has 0 aliphatic rings. The number of carbonyl (C=O) groups is 2. The summed E-state index contributed by atoms with van der Waals surface area (Å²) >= 11 is 0. The van der Waals surface area contributed by atoms with Crippen LogP contribution >= 0.6 is 0 Å². The van der Waals surface area contributed by atoms with Crippen LogP contribution in [0.2, 0.25) is 0 Å². The van der Waals surface area contributed by atoms with Crippen molar-refractivity contribution in [2.75, 3.05) is 20.3 Å². The van der Waals surface area contributed by atoms with Crippen molar-refractivity contribution >= 4 is 11.9 Å². The number of ether oxygens (including phenoxy) is 2. The monoisotopic (exact) mass is 295 g/mol. The van der Waals surface area contributed by atoms with E-state index in [1.54, 1.807) is 31.4 Å². The maximum absolute atomic E-state index is 11.5. The van der Waals surface area contributed by atoms with Gasteiger partial charge in [0.25, 0.3) is 0 Å². The first-order valence-electron chi connectivity index (χ1n) is 6.87. The van der Waals surface area contributed by atoms with Crippen molar-refractivity contribution < 1.29 is 24.2 Å². The van der Waals surface area contributed by atoms with Crippen molar-refractivity contribution in [2.24, 2.45) is 0 Å². The summed E-state index contributed by atoms with van der Waals surface area (Å²) in [7, 11) is 1.60. The van der Waals surface area contributed by atoms with Crippen LogP contribution in [0.3, 0.4) is 0 Å². The van der Waals surface area contributed by atoms with Crippen LogP contribution in [0.4, 0.5) is 0 Å². The van der Waals surface area contributed by atoms with E-state index < -0.39 is 5.97 Å². The van der Waals surface area contributed by atoms with Crippen LogP contribution in [-0.4, -0.2) is 37.2 Å². The number of benzene rings is 1. The Hall–Kier alpha value is -2.24. The molecule has 1 aromatic carbocycles. The molecule has 0 heterocycles. The van der Waals surface area contributed by atoms with E-state index in [0.717, 1.165) is 5.75 Å². The Balaban J connectivity index is 2.07. The van der Waals surface area contributed by atoms with Crippen LogP contribution in [0.1, 0.15) is 25.7 Å². The fourth-order valence-electron chi connectivity index (χ4n) is 1.68. The van der Waals surface area contributed by atoms with Crippen LogP contribution in [0, 0.1) is 0 Å². The van der Waals surface area contributed by atoms with Crippen molar-refractivity contribution in [3.8, 4) is 11.5 Å². The fourth-order valence-corrected chi connectivity index (χ4v) is 1.68. The third-order valence-corrected chi connectivity index (χ3v) is 2.80. The van der Waals surface area contributed by atoms with Gasteiger partial charge < -0.3 is 19.9 Å². The van der Waals surface area contributed by atoms with Gasteiger partial charge in [0.2, 0.25) is 5.91 Å². The van der Waals surface area contributed by atoms with E-state index in [4.69, 9.17) is 14.6 Å². The van der Waals surface area contributed by atoms with Gasteiger partial charge in [-0.3, -0.25) is 9.59 Å². The zero-order chi connectivity index (χ0) is 15.5. The number of hydrogen-bond donors (Lipinski definition) is 2. The molecule has 6 heteroatoms. The number of carboxylic acids is 1. The van der Waals surface area contributed by atoms with E-state index >= 15 is 0 Å². The van der Waals surface area contributed by atoms with Gasteiger partial charge in [-0.1, -0.05) is 0 Å². The molecule has 0 bridgehead atoms. The zero-order valence-corrected chi connectivity index (χ0v) is 12.1. The lowest BCUT2D eigenvalue weighted by Crippen LogP contribution is -2.27. The van der Waals surface area contributed by atoms with Crippen LogP contribution in [0.5, 0.6) is 11.5 Å². The Morgan fingerprint density at radius 1 is 1.10 bits per heavy atom. The predicted octanol–water partition coefficient (Wildman–Crippen LogP) is 1.84. The van der Waals surface area contributed by atoms with Crippen molar-refractivity contribution in [1.29, 1.82) is 0 Å². The molecule has 0 fully saturated rings. The molecule has 21 heavy (non-hydrogen) atoms. The van der Waals surface area contributed by atoms with Gasteiger partial charge in [0.05, 0.1) is 13.7 Å². The molecule has 0 unspecified atom stereocenters. The lowest BCUT2D eigenvalue weighted by Gasteiger charge is -2.08. The van der Waals surface area contributed by atoms with E-state index in [-0.39, 0.29) is 12.3 Å². The van der Waals surface area contributed by atoms with Gasteiger partial charge in [-0.15, -0.1) is 0 Å². The van der Waals surface area contributed by atoms with Crippen molar-refractivity contribution in [1.82, 2.24) is 5.32 Å². The summed E-state index contributed by atoms with van der Waals surface area (Å²) in [4.78, 5) is 21.8. The summed E-state index contributed by atoms with van der Waals surface area (Å²) in [5.74, 6) is 0.561. The Bertz CT molecular complexity index is 444. The molecule has 0 aliphatic heterocycles. The van der Waals surface area contributed by atoms with Crippen molar-refractivity contribution in [3.05, 3.63) is 24.3 Å². The van der Waals surface area contributed by atoms with Crippen LogP contribution in [0.25, 0.3) is 0 Å². The lowest BCUT2D eigenvalue weighted by atomic mass is 10.2. The van der Waals surface area contributed by atoms with Crippen LogP contribution in [0.15, 0.2) is 24.3 Å². The van der Waals surface area contributed by atoms with Gasteiger partial charge in [0.1, 0.15) is 18.1 Å². The Morgan fingerprint density at radius 2 is 1.71 bits per heavy atom. The van der Waals surface area contributed by atoms with E-state index in [2.05, 4.69) is 5.32 Å². The number of aliphatic carboxylic acids is 1. The normalized spacial score (nSPS) is 9.95. The van der Waals surface area contributed by atoms with Gasteiger partial charge >= 0.3 is 5.97 Å². The molecule has 0 aliphatic carbocycles. The quantitative estimate of drug-likeness (QED) is 0.643. The molecule has 1 rings (SSSR count). The summed E-state index contributed by atoms with van der Waals surface area (Å²) in [6.45, 7) is 0.803. The number of nitrogens with one attached hydrogen (secondary N) is 1. The summed E-state index contributed by atoms with van der Waals surface area (Å²) in [6.07, 6.45) is 1.55. The lowest BCUT2D eigenvalue weighted by molar-refractivity contribution is -0.137. The summed E-state index contributed by atoms with van der Waals surface area (Å²) in [5.41, 5.74) is 0. The molecule has 1 amide bonds. The molecule has 0 radical (unpaired) electrons. The minimum Gasteiger partial charge on any atom is -0.497 e. The van der Waals surface area contributed by atoms with E-state index in [1.165, 1.54) is 0 Å². The first kappa shape index (κ1) is 16.8. The van der Waals surface area contributed by atoms with Crippen molar-refractivity contribution in [3.63, 3.8) is 0 Å². The second kappa shape index (κ2) is 9.63. The van der Waals surface area contributed by atoms with Crippen LogP contribution < -0.4 is 14.8 Å². The molecular formula is C15H21NO5. The molecule has 0 saturated carbocycles. The SMILES string of the molecule is COc1ccc(OCCNC(=O)CCCCC(=O)O)cc1. The molecule has 0 atom stereocenters. The highest BCUT2D eigenvalue weighted by Crippen LogP contribution is 2.16. The number of rotatable bonds is 10. The maximum atomic E-state index is 11.5. The number of methoxy groups -OCH3 is 1. The highest BCUT2D eigenvalue weighted by atomic mass is 16.5. The van der Waals surface area contributed by atoms with Gasteiger partial charge in [-0.25, -0.2) is 0 Å². The standard InChI is InChI=1S/C15H21NO5/c1-20-12-6-8-13(9-7-12)21-11-10-16-14(17)4-2-3-5-15(18)19/h6-9H,2-5,10-11H2,1H3,(H,16,17)(H,18,19). The van der Waals surface area contributed by atoms with Crippen LogP contribution in [-0.2, 0) is 9.59 Å². The number of unbranched alkanes of at least 4 members (excludes halogenated alkanes) is 1. The smallest absolute Gasteiger partial charge is 0.303 e. The molecule has 116 valence electrons. The van der Waals surface area contributed by atoms with E-state index in [1.807, 2.05) is 0 Å². The number of amides is 1. The van der Waals surface area contributed by atoms with Gasteiger partial charge in [-0.05, 0) is 37.1 Å². The number of carboxylic acid groups (broad SMARTS) is 1. The highest BCUT2D eigenvalue weighted by molar-refractivity contribution is 5.75. The maximum Gasteiger partial charge on any atom is 0.303 e. The second-order valence-electron chi connectivity index (χ2n) is 4.47. The van der Waals surface area contributed by atoms with E-state index in [9.17, 15) is 9.59 Å². The molecule has 6 nitrogen and oxygen atoms in total. The Labute approximate surface area is 124 Å². The van der Waals surface area contributed by atoms with Crippen molar-refractivity contribution in [2.45, 2.75) is 25.7 Å². The Kier molecular flexibility index (Phi) is 7.71. The summed E-state index contributed by atoms with van der Waals surface area (Å²) in [6, 6.07) is 7.20. The summed E-state index contributed by atoms with van der Waals surface area (Å²) in [5, 5.41) is 11.2. The highest BCUT2D eigenvalue weighted by Gasteiger charge is 2.02. The predicted molar refractivity (Wildman–Crippen MR) is 77.6 cm³/mol. The second-order valence-corrected chi connectivity index (χ2v) is 4.47. The first-order chi connectivity index (χ1) is 10.1. The molecular weight excluding hydrogens is 274 g/mol. The molecule has 2 N–H and O–H groups in total. The fraction of sp³-hybridized carbons (Fsp3) is 0.467. The third kappa shape index (κ3) is 7.81. The minimum atomic E-state index is -0.830. The van der Waals surface area contributed by atoms with Gasteiger partial charge in [-0.2, -0.15) is 0 Å². The zero-order valence-electron chi connectivity index (χ0n) is 12.1.